The fourth-order valence-corrected chi connectivity index (χ4v) is 3.84. The average Bonchev–Trinajstić information content (AvgIpc) is 2.74. The standard InChI is InChI=1S/C24H27Cl2NO4S/c1-24(2,3)16-7-5-15(6-8-16)21(28)14-31-23(30)20(11-12-32-4)27-22(29)18-10-9-17(25)13-19(18)26/h5-10,13,20H,11-12,14H2,1-4H3,(H,27,29). The van der Waals surface area contributed by atoms with E-state index in [0.717, 1.165) is 5.56 Å². The first-order valence-electron chi connectivity index (χ1n) is 10.1. The highest BCUT2D eigenvalue weighted by Crippen LogP contribution is 2.23. The molecule has 1 N–H and O–H groups in total. The summed E-state index contributed by atoms with van der Waals surface area (Å²) in [7, 11) is 0. The number of benzene rings is 2. The predicted octanol–water partition coefficient (Wildman–Crippen LogP) is 5.57. The van der Waals surface area contributed by atoms with E-state index in [9.17, 15) is 14.4 Å². The van der Waals surface area contributed by atoms with Crippen molar-refractivity contribution in [2.45, 2.75) is 38.6 Å². The van der Waals surface area contributed by atoms with E-state index in [-0.39, 0.29) is 21.8 Å². The summed E-state index contributed by atoms with van der Waals surface area (Å²) in [5.41, 5.74) is 1.74. The van der Waals surface area contributed by atoms with Gasteiger partial charge in [-0.15, -0.1) is 0 Å². The molecule has 32 heavy (non-hydrogen) atoms. The molecule has 1 atom stereocenters. The molecule has 2 aromatic rings. The first-order chi connectivity index (χ1) is 15.0. The molecule has 8 heteroatoms. The summed E-state index contributed by atoms with van der Waals surface area (Å²) < 4.78 is 5.23. The van der Waals surface area contributed by atoms with E-state index in [1.54, 1.807) is 18.2 Å². The van der Waals surface area contributed by atoms with E-state index in [1.165, 1.54) is 23.9 Å². The Morgan fingerprint density at radius 2 is 1.72 bits per heavy atom. The van der Waals surface area contributed by atoms with Crippen LogP contribution in [0.15, 0.2) is 42.5 Å². The lowest BCUT2D eigenvalue weighted by atomic mass is 9.86. The van der Waals surface area contributed by atoms with Crippen molar-refractivity contribution in [2.24, 2.45) is 0 Å². The van der Waals surface area contributed by atoms with Gasteiger partial charge in [-0.25, -0.2) is 4.79 Å². The van der Waals surface area contributed by atoms with Gasteiger partial charge in [0.2, 0.25) is 0 Å². The Labute approximate surface area is 203 Å². The highest BCUT2D eigenvalue weighted by Gasteiger charge is 2.25. The summed E-state index contributed by atoms with van der Waals surface area (Å²) in [6, 6.07) is 10.8. The Kier molecular flexibility index (Phi) is 9.62. The maximum absolute atomic E-state index is 12.6. The van der Waals surface area contributed by atoms with Gasteiger partial charge in [-0.1, -0.05) is 68.2 Å². The van der Waals surface area contributed by atoms with Crippen molar-refractivity contribution < 1.29 is 19.1 Å². The Morgan fingerprint density at radius 3 is 2.28 bits per heavy atom. The lowest BCUT2D eigenvalue weighted by Crippen LogP contribution is -2.42. The molecule has 0 aliphatic heterocycles. The predicted molar refractivity (Wildman–Crippen MR) is 131 cm³/mol. The van der Waals surface area contributed by atoms with E-state index in [0.29, 0.717) is 22.8 Å². The average molecular weight is 496 g/mol. The van der Waals surface area contributed by atoms with Crippen LogP contribution in [0.1, 0.15) is 53.5 Å². The zero-order valence-corrected chi connectivity index (χ0v) is 20.9. The second kappa shape index (κ2) is 11.7. The van der Waals surface area contributed by atoms with Crippen LogP contribution in [0.5, 0.6) is 0 Å². The summed E-state index contributed by atoms with van der Waals surface area (Å²) in [6.45, 7) is 5.87. The Balaban J connectivity index is 2.02. The quantitative estimate of drug-likeness (QED) is 0.363. The monoisotopic (exact) mass is 495 g/mol. The molecule has 0 heterocycles. The van der Waals surface area contributed by atoms with Gasteiger partial charge >= 0.3 is 5.97 Å². The number of carbonyl (C=O) groups excluding carboxylic acids is 3. The molecule has 0 aromatic heterocycles. The molecule has 5 nitrogen and oxygen atoms in total. The molecule has 2 rings (SSSR count). The third kappa shape index (κ3) is 7.54. The fourth-order valence-electron chi connectivity index (χ4n) is 2.87. The zero-order valence-electron chi connectivity index (χ0n) is 18.5. The number of carbonyl (C=O) groups is 3. The highest BCUT2D eigenvalue weighted by atomic mass is 35.5. The highest BCUT2D eigenvalue weighted by molar-refractivity contribution is 7.98. The van der Waals surface area contributed by atoms with Gasteiger partial charge in [-0.3, -0.25) is 9.59 Å². The van der Waals surface area contributed by atoms with Gasteiger partial charge in [0.25, 0.3) is 5.91 Å². The van der Waals surface area contributed by atoms with Gasteiger partial charge in [-0.2, -0.15) is 11.8 Å². The minimum atomic E-state index is -0.905. The number of esters is 1. The molecule has 0 aliphatic carbocycles. The van der Waals surface area contributed by atoms with E-state index >= 15 is 0 Å². The molecule has 172 valence electrons. The number of rotatable bonds is 9. The number of thioether (sulfide) groups is 1. The molecule has 1 unspecified atom stereocenters. The molecule has 0 aliphatic rings. The van der Waals surface area contributed by atoms with Crippen molar-refractivity contribution >= 4 is 52.6 Å². The van der Waals surface area contributed by atoms with E-state index in [1.807, 2.05) is 18.4 Å². The van der Waals surface area contributed by atoms with Crippen LogP contribution in [0.4, 0.5) is 0 Å². The number of hydrogen-bond acceptors (Lipinski definition) is 5. The van der Waals surface area contributed by atoms with Crippen LogP contribution in [-0.4, -0.2) is 42.3 Å². The van der Waals surface area contributed by atoms with Crippen molar-refractivity contribution in [3.8, 4) is 0 Å². The van der Waals surface area contributed by atoms with Gasteiger partial charge in [0.1, 0.15) is 6.04 Å². The minimum Gasteiger partial charge on any atom is -0.456 e. The van der Waals surface area contributed by atoms with E-state index in [2.05, 4.69) is 26.1 Å². The molecule has 2 aromatic carbocycles. The van der Waals surface area contributed by atoms with Crippen molar-refractivity contribution in [1.29, 1.82) is 0 Å². The summed E-state index contributed by atoms with van der Waals surface area (Å²) in [4.78, 5) is 37.7. The molecule has 0 saturated heterocycles. The van der Waals surface area contributed by atoms with Crippen molar-refractivity contribution in [1.82, 2.24) is 5.32 Å². The van der Waals surface area contributed by atoms with Crippen LogP contribution < -0.4 is 5.32 Å². The number of nitrogens with one attached hydrogen (secondary N) is 1. The first-order valence-corrected chi connectivity index (χ1v) is 12.2. The summed E-state index contributed by atoms with van der Waals surface area (Å²) in [5, 5.41) is 3.23. The van der Waals surface area contributed by atoms with Crippen LogP contribution in [0, 0.1) is 0 Å². The third-order valence-corrected chi connectivity index (χ3v) is 5.99. The van der Waals surface area contributed by atoms with Crippen LogP contribution in [-0.2, 0) is 14.9 Å². The minimum absolute atomic E-state index is 0.0241. The molecule has 0 fully saturated rings. The normalized spacial score (nSPS) is 12.2. The Hall–Kier alpha value is -2.02. The number of halogens is 2. The van der Waals surface area contributed by atoms with Gasteiger partial charge in [0, 0.05) is 10.6 Å². The molecular formula is C24H27Cl2NO4S. The summed E-state index contributed by atoms with van der Waals surface area (Å²) in [6.07, 6.45) is 2.25. The summed E-state index contributed by atoms with van der Waals surface area (Å²) >= 11 is 13.5. The first kappa shape index (κ1) is 26.2. The van der Waals surface area contributed by atoms with Gasteiger partial charge in [0.05, 0.1) is 10.6 Å². The summed E-state index contributed by atoms with van der Waals surface area (Å²) in [5.74, 6) is -0.873. The van der Waals surface area contributed by atoms with Crippen molar-refractivity contribution in [3.63, 3.8) is 0 Å². The second-order valence-corrected chi connectivity index (χ2v) is 10.1. The maximum Gasteiger partial charge on any atom is 0.329 e. The lowest BCUT2D eigenvalue weighted by molar-refractivity contribution is -0.144. The number of ketones is 1. The van der Waals surface area contributed by atoms with Gasteiger partial charge in [-0.05, 0) is 47.6 Å². The number of hydrogen-bond donors (Lipinski definition) is 1. The largest absolute Gasteiger partial charge is 0.456 e. The molecular weight excluding hydrogens is 469 g/mol. The SMILES string of the molecule is CSCCC(NC(=O)c1ccc(Cl)cc1Cl)C(=O)OCC(=O)c1ccc(C(C)(C)C)cc1. The maximum atomic E-state index is 12.6. The molecule has 0 saturated carbocycles. The van der Waals surface area contributed by atoms with E-state index in [4.69, 9.17) is 27.9 Å². The lowest BCUT2D eigenvalue weighted by Gasteiger charge is -2.19. The fraction of sp³-hybridized carbons (Fsp3) is 0.375. The number of Topliss-reactive ketones (excluding diaryl/α,β-unsaturated/α-hetero) is 1. The zero-order chi connectivity index (χ0) is 23.9. The third-order valence-electron chi connectivity index (χ3n) is 4.79. The molecule has 0 radical (unpaired) electrons. The Bertz CT molecular complexity index is 971. The van der Waals surface area contributed by atoms with Gasteiger partial charge < -0.3 is 10.1 Å². The van der Waals surface area contributed by atoms with Crippen molar-refractivity contribution in [2.75, 3.05) is 18.6 Å². The number of ether oxygens (including phenoxy) is 1. The van der Waals surface area contributed by atoms with Crippen LogP contribution in [0.2, 0.25) is 10.0 Å². The Morgan fingerprint density at radius 1 is 1.06 bits per heavy atom. The smallest absolute Gasteiger partial charge is 0.329 e. The topological polar surface area (TPSA) is 72.5 Å². The van der Waals surface area contributed by atoms with Gasteiger partial charge in [0.15, 0.2) is 12.4 Å². The van der Waals surface area contributed by atoms with E-state index < -0.39 is 24.5 Å². The van der Waals surface area contributed by atoms with Crippen molar-refractivity contribution in [3.05, 3.63) is 69.2 Å². The van der Waals surface area contributed by atoms with Crippen LogP contribution in [0.25, 0.3) is 0 Å². The second-order valence-electron chi connectivity index (χ2n) is 8.29. The molecule has 0 spiro atoms. The molecule has 1 amide bonds. The van der Waals surface area contributed by atoms with Crippen LogP contribution >= 0.6 is 35.0 Å². The van der Waals surface area contributed by atoms with Crippen LogP contribution in [0.3, 0.4) is 0 Å². The number of amides is 1. The molecule has 0 bridgehead atoms.